The second-order valence-corrected chi connectivity index (χ2v) is 5.81. The minimum atomic E-state index is -0.0827. The molecule has 23 heavy (non-hydrogen) atoms. The molecule has 0 saturated heterocycles. The standard InChI is InChI=1S/C19H21N3O/c1-4-17(15-8-6-5-7-9-15)21-19(23)16-10-11-22-14(3)12-13(2)20-18(16)22/h5-12,17H,4H2,1-3H3,(H,21,23)/t17-/m0/s1. The Labute approximate surface area is 136 Å². The van der Waals surface area contributed by atoms with Crippen LogP contribution in [0.1, 0.15) is 46.7 Å². The Hall–Kier alpha value is -2.62. The van der Waals surface area contributed by atoms with Crippen LogP contribution in [-0.2, 0) is 0 Å². The number of aromatic nitrogens is 2. The first-order valence-corrected chi connectivity index (χ1v) is 7.91. The number of nitrogens with one attached hydrogen (secondary N) is 1. The molecule has 2 aromatic heterocycles. The minimum Gasteiger partial charge on any atom is -0.345 e. The third-order valence-corrected chi connectivity index (χ3v) is 4.10. The van der Waals surface area contributed by atoms with Gasteiger partial charge < -0.3 is 9.72 Å². The van der Waals surface area contributed by atoms with Gasteiger partial charge >= 0.3 is 0 Å². The highest BCUT2D eigenvalue weighted by Crippen LogP contribution is 2.19. The van der Waals surface area contributed by atoms with Gasteiger partial charge in [-0.3, -0.25) is 4.79 Å². The topological polar surface area (TPSA) is 46.4 Å². The lowest BCUT2D eigenvalue weighted by atomic mass is 10.0. The molecule has 1 aromatic carbocycles. The molecular formula is C19H21N3O. The zero-order chi connectivity index (χ0) is 16.4. The fraction of sp³-hybridized carbons (Fsp3) is 0.263. The first-order chi connectivity index (χ1) is 11.1. The van der Waals surface area contributed by atoms with Crippen molar-refractivity contribution in [3.63, 3.8) is 0 Å². The number of carbonyl (C=O) groups is 1. The van der Waals surface area contributed by atoms with Gasteiger partial charge in [0.1, 0.15) is 5.65 Å². The average Bonchev–Trinajstić information content (AvgIpc) is 2.97. The van der Waals surface area contributed by atoms with Gasteiger partial charge in [-0.25, -0.2) is 4.98 Å². The molecule has 4 nitrogen and oxygen atoms in total. The second-order valence-electron chi connectivity index (χ2n) is 5.81. The molecule has 0 aliphatic rings. The van der Waals surface area contributed by atoms with Crippen molar-refractivity contribution in [3.05, 3.63) is 71.2 Å². The van der Waals surface area contributed by atoms with Crippen molar-refractivity contribution in [2.45, 2.75) is 33.2 Å². The number of hydrogen-bond donors (Lipinski definition) is 1. The molecule has 1 N–H and O–H groups in total. The van der Waals surface area contributed by atoms with E-state index in [1.165, 1.54) is 0 Å². The van der Waals surface area contributed by atoms with Crippen molar-refractivity contribution in [1.82, 2.24) is 14.7 Å². The number of rotatable bonds is 4. The summed E-state index contributed by atoms with van der Waals surface area (Å²) < 4.78 is 1.95. The molecule has 4 heteroatoms. The fourth-order valence-electron chi connectivity index (χ4n) is 2.91. The molecule has 1 amide bonds. The molecule has 0 aliphatic heterocycles. The van der Waals surface area contributed by atoms with Gasteiger partial charge in [-0.15, -0.1) is 0 Å². The maximum Gasteiger partial charge on any atom is 0.255 e. The average molecular weight is 307 g/mol. The van der Waals surface area contributed by atoms with Crippen molar-refractivity contribution in [2.24, 2.45) is 0 Å². The van der Waals surface area contributed by atoms with E-state index in [2.05, 4.69) is 17.2 Å². The molecule has 0 unspecified atom stereocenters. The maximum absolute atomic E-state index is 12.7. The number of hydrogen-bond acceptors (Lipinski definition) is 2. The maximum atomic E-state index is 12.7. The molecule has 2 heterocycles. The van der Waals surface area contributed by atoms with Crippen molar-refractivity contribution in [3.8, 4) is 0 Å². The Morgan fingerprint density at radius 2 is 1.96 bits per heavy atom. The highest BCUT2D eigenvalue weighted by Gasteiger charge is 2.18. The lowest BCUT2D eigenvalue weighted by Gasteiger charge is -2.17. The van der Waals surface area contributed by atoms with Gasteiger partial charge in [0.15, 0.2) is 0 Å². The monoisotopic (exact) mass is 307 g/mol. The van der Waals surface area contributed by atoms with Crippen LogP contribution in [0.25, 0.3) is 5.65 Å². The molecule has 0 saturated carbocycles. The quantitative estimate of drug-likeness (QED) is 0.796. The largest absolute Gasteiger partial charge is 0.345 e. The van der Waals surface area contributed by atoms with E-state index >= 15 is 0 Å². The highest BCUT2D eigenvalue weighted by molar-refractivity contribution is 6.00. The molecule has 118 valence electrons. The lowest BCUT2D eigenvalue weighted by Crippen LogP contribution is -2.28. The Kier molecular flexibility index (Phi) is 4.15. The molecular weight excluding hydrogens is 286 g/mol. The third kappa shape index (κ3) is 2.97. The Morgan fingerprint density at radius 3 is 2.65 bits per heavy atom. The number of carbonyl (C=O) groups excluding carboxylic acids is 1. The van der Waals surface area contributed by atoms with Crippen LogP contribution in [0.3, 0.4) is 0 Å². The van der Waals surface area contributed by atoms with Crippen LogP contribution in [0.4, 0.5) is 0 Å². The Balaban J connectivity index is 1.92. The van der Waals surface area contributed by atoms with Gasteiger partial charge in [-0.1, -0.05) is 37.3 Å². The molecule has 0 bridgehead atoms. The SMILES string of the molecule is CC[C@H](NC(=O)c1ccn2c(C)cc(C)nc12)c1ccccc1. The smallest absolute Gasteiger partial charge is 0.255 e. The van der Waals surface area contributed by atoms with E-state index in [-0.39, 0.29) is 11.9 Å². The fourth-order valence-corrected chi connectivity index (χ4v) is 2.91. The highest BCUT2D eigenvalue weighted by atomic mass is 16.1. The van der Waals surface area contributed by atoms with Crippen molar-refractivity contribution < 1.29 is 4.79 Å². The number of benzene rings is 1. The van der Waals surface area contributed by atoms with Crippen molar-refractivity contribution in [2.75, 3.05) is 0 Å². The summed E-state index contributed by atoms with van der Waals surface area (Å²) in [5, 5.41) is 3.12. The van der Waals surface area contributed by atoms with E-state index in [1.54, 1.807) is 0 Å². The number of amides is 1. The summed E-state index contributed by atoms with van der Waals surface area (Å²) in [5.41, 5.74) is 4.43. The third-order valence-electron chi connectivity index (χ3n) is 4.10. The summed E-state index contributed by atoms with van der Waals surface area (Å²) in [5.74, 6) is -0.0827. The zero-order valence-electron chi connectivity index (χ0n) is 13.7. The van der Waals surface area contributed by atoms with Gasteiger partial charge in [0.2, 0.25) is 0 Å². The van der Waals surface area contributed by atoms with Crippen LogP contribution in [0.2, 0.25) is 0 Å². The molecule has 0 fully saturated rings. The van der Waals surface area contributed by atoms with Crippen LogP contribution < -0.4 is 5.32 Å². The zero-order valence-corrected chi connectivity index (χ0v) is 13.7. The summed E-state index contributed by atoms with van der Waals surface area (Å²) in [7, 11) is 0. The van der Waals surface area contributed by atoms with Gasteiger partial charge in [0.25, 0.3) is 5.91 Å². The van der Waals surface area contributed by atoms with Crippen molar-refractivity contribution >= 4 is 11.6 Å². The van der Waals surface area contributed by atoms with Crippen LogP contribution in [0.15, 0.2) is 48.7 Å². The first-order valence-electron chi connectivity index (χ1n) is 7.91. The summed E-state index contributed by atoms with van der Waals surface area (Å²) in [4.78, 5) is 17.2. The predicted molar refractivity (Wildman–Crippen MR) is 91.6 cm³/mol. The first kappa shape index (κ1) is 15.3. The number of aryl methyl sites for hydroxylation is 2. The van der Waals surface area contributed by atoms with Crippen LogP contribution in [0.5, 0.6) is 0 Å². The number of nitrogens with zero attached hydrogens (tertiary/aromatic N) is 2. The number of fused-ring (bicyclic) bond motifs is 1. The van der Waals surface area contributed by atoms with Gasteiger partial charge in [0.05, 0.1) is 11.6 Å². The van der Waals surface area contributed by atoms with Crippen molar-refractivity contribution in [1.29, 1.82) is 0 Å². The second kappa shape index (κ2) is 6.24. The Bertz CT molecular complexity index is 836. The Morgan fingerprint density at radius 1 is 1.22 bits per heavy atom. The van der Waals surface area contributed by atoms with Crippen LogP contribution >= 0.6 is 0 Å². The minimum absolute atomic E-state index is 0.00422. The molecule has 1 atom stereocenters. The van der Waals surface area contributed by atoms with E-state index < -0.39 is 0 Å². The summed E-state index contributed by atoms with van der Waals surface area (Å²) in [6.07, 6.45) is 2.74. The van der Waals surface area contributed by atoms with Crippen LogP contribution in [-0.4, -0.2) is 15.3 Å². The normalized spacial score (nSPS) is 12.3. The summed E-state index contributed by atoms with van der Waals surface area (Å²) in [6, 6.07) is 13.9. The predicted octanol–water partition coefficient (Wildman–Crippen LogP) is 3.83. The lowest BCUT2D eigenvalue weighted by molar-refractivity contribution is 0.0937. The van der Waals surface area contributed by atoms with E-state index in [0.717, 1.165) is 23.4 Å². The van der Waals surface area contributed by atoms with E-state index in [0.29, 0.717) is 11.2 Å². The van der Waals surface area contributed by atoms with Crippen LogP contribution in [0, 0.1) is 13.8 Å². The van der Waals surface area contributed by atoms with E-state index in [9.17, 15) is 4.79 Å². The van der Waals surface area contributed by atoms with E-state index in [4.69, 9.17) is 0 Å². The van der Waals surface area contributed by atoms with Gasteiger partial charge in [-0.2, -0.15) is 0 Å². The molecule has 3 aromatic rings. The van der Waals surface area contributed by atoms with Gasteiger partial charge in [0, 0.05) is 17.6 Å². The molecule has 0 radical (unpaired) electrons. The summed E-state index contributed by atoms with van der Waals surface area (Å²) >= 11 is 0. The molecule has 3 rings (SSSR count). The van der Waals surface area contributed by atoms with E-state index in [1.807, 2.05) is 66.9 Å². The van der Waals surface area contributed by atoms with Gasteiger partial charge in [-0.05, 0) is 38.0 Å². The summed E-state index contributed by atoms with van der Waals surface area (Å²) in [6.45, 7) is 6.03. The molecule has 0 aliphatic carbocycles. The molecule has 0 spiro atoms.